The van der Waals surface area contributed by atoms with Crippen LogP contribution in [0.2, 0.25) is 0 Å². The largest absolute Gasteiger partial charge is 0.492 e. The second-order valence-corrected chi connectivity index (χ2v) is 8.25. The van der Waals surface area contributed by atoms with Gasteiger partial charge in [0.05, 0.1) is 6.61 Å². The van der Waals surface area contributed by atoms with Crippen LogP contribution in [0.5, 0.6) is 5.75 Å². The Bertz CT molecular complexity index is 1130. The fraction of sp³-hybridized carbons (Fsp3) is 0.393. The molecule has 2 heterocycles. The summed E-state index contributed by atoms with van der Waals surface area (Å²) in [5.74, 6) is 0.641. The Kier molecular flexibility index (Phi) is 10.2. The number of nitrogens with one attached hydrogen (secondary N) is 2. The van der Waals surface area contributed by atoms with E-state index in [-0.39, 0.29) is 30.4 Å². The Labute approximate surface area is 212 Å². The van der Waals surface area contributed by atoms with Gasteiger partial charge in [0.1, 0.15) is 29.6 Å². The number of aromatic nitrogens is 2. The first kappa shape index (κ1) is 27.1. The van der Waals surface area contributed by atoms with E-state index in [1.807, 2.05) is 51.1 Å². The molecule has 1 atom stereocenters. The van der Waals surface area contributed by atoms with Crippen LogP contribution in [0.15, 0.2) is 48.7 Å². The molecule has 0 spiro atoms. The van der Waals surface area contributed by atoms with Crippen LogP contribution in [0.3, 0.4) is 0 Å². The van der Waals surface area contributed by atoms with Crippen molar-refractivity contribution in [3.8, 4) is 17.1 Å². The molecule has 1 aliphatic rings. The van der Waals surface area contributed by atoms with E-state index >= 15 is 0 Å². The summed E-state index contributed by atoms with van der Waals surface area (Å²) in [6.45, 7) is 9.63. The molecule has 0 radical (unpaired) electrons. The minimum Gasteiger partial charge on any atom is -0.492 e. The molecule has 1 unspecified atom stereocenters. The lowest BCUT2D eigenvalue weighted by Gasteiger charge is -2.13. The number of aryl methyl sites for hydroxylation is 1. The summed E-state index contributed by atoms with van der Waals surface area (Å²) in [7, 11) is 0. The molecule has 192 valence electrons. The van der Waals surface area contributed by atoms with Gasteiger partial charge in [-0.25, -0.2) is 19.2 Å². The standard InChI is InChI=1S/C26H29FN4O3.C2H6/c1-3-33-26(32)22-15-30-24(31-25(22)29-14-19-7-6-17(2)13-23(19)27)18-8-10-21(11-9-18)34-16-20-5-4-12-28-20;1-2/h6-11,13,15,20,28H,3-5,12,14,16H2,1-2H3,(H,29,30,31);1-2H3. The van der Waals surface area contributed by atoms with Crippen molar-refractivity contribution >= 4 is 11.8 Å². The Balaban J connectivity index is 0.00000176. The first-order valence-electron chi connectivity index (χ1n) is 12.5. The maximum absolute atomic E-state index is 14.3. The number of esters is 1. The summed E-state index contributed by atoms with van der Waals surface area (Å²) >= 11 is 0. The van der Waals surface area contributed by atoms with Crippen LogP contribution in [0.4, 0.5) is 10.2 Å². The third-order valence-corrected chi connectivity index (χ3v) is 5.67. The summed E-state index contributed by atoms with van der Waals surface area (Å²) in [5.41, 5.74) is 2.27. The monoisotopic (exact) mass is 494 g/mol. The summed E-state index contributed by atoms with van der Waals surface area (Å²) in [6, 6.07) is 12.9. The SMILES string of the molecule is CC.CCOC(=O)c1cnc(-c2ccc(OCC3CCCN3)cc2)nc1NCc1ccc(C)cc1F. The van der Waals surface area contributed by atoms with Crippen molar-refractivity contribution in [2.45, 2.75) is 53.1 Å². The minimum atomic E-state index is -0.537. The molecule has 36 heavy (non-hydrogen) atoms. The van der Waals surface area contributed by atoms with E-state index in [4.69, 9.17) is 9.47 Å². The van der Waals surface area contributed by atoms with Crippen molar-refractivity contribution in [3.05, 3.63) is 71.2 Å². The van der Waals surface area contributed by atoms with Gasteiger partial charge >= 0.3 is 5.97 Å². The maximum Gasteiger partial charge on any atom is 0.343 e. The van der Waals surface area contributed by atoms with E-state index < -0.39 is 5.97 Å². The second-order valence-electron chi connectivity index (χ2n) is 8.25. The van der Waals surface area contributed by atoms with Crippen molar-refractivity contribution in [2.75, 3.05) is 25.1 Å². The predicted molar refractivity (Wildman–Crippen MR) is 140 cm³/mol. The molecular formula is C28H35FN4O3. The van der Waals surface area contributed by atoms with E-state index in [9.17, 15) is 9.18 Å². The lowest BCUT2D eigenvalue weighted by molar-refractivity contribution is 0.0526. The van der Waals surface area contributed by atoms with E-state index in [2.05, 4.69) is 20.6 Å². The minimum absolute atomic E-state index is 0.164. The zero-order valence-electron chi connectivity index (χ0n) is 21.4. The zero-order valence-corrected chi connectivity index (χ0v) is 21.4. The van der Waals surface area contributed by atoms with Gasteiger partial charge in [-0.15, -0.1) is 0 Å². The highest BCUT2D eigenvalue weighted by molar-refractivity contribution is 5.94. The number of halogens is 1. The molecule has 7 nitrogen and oxygen atoms in total. The lowest BCUT2D eigenvalue weighted by Crippen LogP contribution is -2.28. The van der Waals surface area contributed by atoms with Gasteiger partial charge in [-0.05, 0) is 69.1 Å². The molecule has 0 bridgehead atoms. The summed E-state index contributed by atoms with van der Waals surface area (Å²) in [6.07, 6.45) is 3.74. The molecule has 3 aromatic rings. The quantitative estimate of drug-likeness (QED) is 0.378. The normalized spacial score (nSPS) is 14.5. The summed E-state index contributed by atoms with van der Waals surface area (Å²) in [5, 5.41) is 6.49. The smallest absolute Gasteiger partial charge is 0.343 e. The molecule has 1 fully saturated rings. The van der Waals surface area contributed by atoms with Crippen LogP contribution in [-0.4, -0.2) is 41.7 Å². The number of hydrogen-bond acceptors (Lipinski definition) is 7. The predicted octanol–water partition coefficient (Wildman–Crippen LogP) is 5.54. The van der Waals surface area contributed by atoms with Gasteiger partial charge in [-0.3, -0.25) is 0 Å². The highest BCUT2D eigenvalue weighted by Gasteiger charge is 2.18. The number of hydrogen-bond donors (Lipinski definition) is 2. The Morgan fingerprint density at radius 2 is 1.97 bits per heavy atom. The average Bonchev–Trinajstić information content (AvgIpc) is 3.42. The molecule has 2 N–H and O–H groups in total. The van der Waals surface area contributed by atoms with Crippen LogP contribution >= 0.6 is 0 Å². The average molecular weight is 495 g/mol. The molecule has 1 aromatic heterocycles. The van der Waals surface area contributed by atoms with Gasteiger partial charge in [0.25, 0.3) is 0 Å². The van der Waals surface area contributed by atoms with E-state index in [1.54, 1.807) is 13.0 Å². The Hall–Kier alpha value is -3.52. The molecule has 2 aromatic carbocycles. The highest BCUT2D eigenvalue weighted by atomic mass is 19.1. The Morgan fingerprint density at radius 3 is 2.64 bits per heavy atom. The fourth-order valence-corrected chi connectivity index (χ4v) is 3.78. The number of nitrogens with zero attached hydrogens (tertiary/aromatic N) is 2. The van der Waals surface area contributed by atoms with Gasteiger partial charge in [0.15, 0.2) is 5.82 Å². The molecule has 1 aliphatic heterocycles. The topological polar surface area (TPSA) is 85.4 Å². The third-order valence-electron chi connectivity index (χ3n) is 5.67. The third kappa shape index (κ3) is 7.24. The summed E-state index contributed by atoms with van der Waals surface area (Å²) in [4.78, 5) is 21.3. The van der Waals surface area contributed by atoms with Gasteiger partial charge in [-0.2, -0.15) is 0 Å². The van der Waals surface area contributed by atoms with Crippen molar-refractivity contribution in [2.24, 2.45) is 0 Å². The molecule has 4 rings (SSSR count). The molecule has 0 amide bonds. The number of carbonyl (C=O) groups is 1. The van der Waals surface area contributed by atoms with Crippen LogP contribution in [-0.2, 0) is 11.3 Å². The van der Waals surface area contributed by atoms with E-state index in [0.717, 1.165) is 29.8 Å². The van der Waals surface area contributed by atoms with Crippen LogP contribution in [0.1, 0.15) is 55.1 Å². The van der Waals surface area contributed by atoms with Gasteiger partial charge in [0.2, 0.25) is 0 Å². The van der Waals surface area contributed by atoms with Crippen molar-refractivity contribution in [1.82, 2.24) is 15.3 Å². The van der Waals surface area contributed by atoms with E-state index in [1.165, 1.54) is 18.7 Å². The molecule has 0 aliphatic carbocycles. The number of anilines is 1. The number of benzene rings is 2. The first-order valence-corrected chi connectivity index (χ1v) is 12.5. The Morgan fingerprint density at radius 1 is 1.19 bits per heavy atom. The van der Waals surface area contributed by atoms with Crippen LogP contribution < -0.4 is 15.4 Å². The molecule has 8 heteroatoms. The number of carbonyl (C=O) groups excluding carboxylic acids is 1. The molecule has 0 saturated carbocycles. The van der Waals surface area contributed by atoms with Crippen molar-refractivity contribution in [3.63, 3.8) is 0 Å². The lowest BCUT2D eigenvalue weighted by atomic mass is 10.1. The maximum atomic E-state index is 14.3. The van der Waals surface area contributed by atoms with Gasteiger partial charge in [0, 0.05) is 29.9 Å². The molecular weight excluding hydrogens is 459 g/mol. The highest BCUT2D eigenvalue weighted by Crippen LogP contribution is 2.24. The second kappa shape index (κ2) is 13.5. The van der Waals surface area contributed by atoms with Crippen LogP contribution in [0, 0.1) is 12.7 Å². The van der Waals surface area contributed by atoms with Crippen molar-refractivity contribution in [1.29, 1.82) is 0 Å². The summed E-state index contributed by atoms with van der Waals surface area (Å²) < 4.78 is 25.3. The van der Waals surface area contributed by atoms with Gasteiger partial charge < -0.3 is 20.1 Å². The number of ether oxygens (including phenoxy) is 2. The van der Waals surface area contributed by atoms with Crippen molar-refractivity contribution < 1.29 is 18.7 Å². The van der Waals surface area contributed by atoms with Crippen LogP contribution in [0.25, 0.3) is 11.4 Å². The molecule has 1 saturated heterocycles. The van der Waals surface area contributed by atoms with Gasteiger partial charge in [-0.1, -0.05) is 26.0 Å². The first-order chi connectivity index (χ1) is 17.5. The van der Waals surface area contributed by atoms with E-state index in [0.29, 0.717) is 24.0 Å². The number of rotatable bonds is 9. The fourth-order valence-electron chi connectivity index (χ4n) is 3.78. The zero-order chi connectivity index (χ0) is 25.9.